The second kappa shape index (κ2) is 6.48. The summed E-state index contributed by atoms with van der Waals surface area (Å²) in [6.07, 6.45) is 3.59. The van der Waals surface area contributed by atoms with Crippen molar-refractivity contribution in [1.29, 1.82) is 0 Å². The van der Waals surface area contributed by atoms with E-state index in [1.54, 1.807) is 0 Å². The molecule has 5 nitrogen and oxygen atoms in total. The molecule has 0 bridgehead atoms. The summed E-state index contributed by atoms with van der Waals surface area (Å²) in [5, 5.41) is 14.4. The van der Waals surface area contributed by atoms with Crippen LogP contribution in [-0.4, -0.2) is 36.1 Å². The topological polar surface area (TPSA) is 78.4 Å². The van der Waals surface area contributed by atoms with E-state index in [0.717, 1.165) is 32.4 Å². The van der Waals surface area contributed by atoms with Crippen LogP contribution in [0.3, 0.4) is 0 Å². The first kappa shape index (κ1) is 13.0. The first-order valence-corrected chi connectivity index (χ1v) is 5.82. The minimum atomic E-state index is -0.993. The molecule has 1 aliphatic heterocycles. The number of amides is 1. The van der Waals surface area contributed by atoms with Gasteiger partial charge in [0.1, 0.15) is 6.04 Å². The molecule has 0 aliphatic carbocycles. The van der Waals surface area contributed by atoms with Crippen molar-refractivity contribution in [2.24, 2.45) is 5.92 Å². The van der Waals surface area contributed by atoms with Gasteiger partial charge in [0, 0.05) is 6.42 Å². The monoisotopic (exact) mass is 228 g/mol. The number of carbonyl (C=O) groups is 2. The zero-order valence-corrected chi connectivity index (χ0v) is 9.66. The Morgan fingerprint density at radius 2 is 2.31 bits per heavy atom. The van der Waals surface area contributed by atoms with Crippen molar-refractivity contribution in [2.75, 3.05) is 13.1 Å². The Bertz CT molecular complexity index is 250. The summed E-state index contributed by atoms with van der Waals surface area (Å²) >= 11 is 0. The number of carbonyl (C=O) groups excluding carboxylic acids is 1. The van der Waals surface area contributed by atoms with E-state index in [-0.39, 0.29) is 5.91 Å². The van der Waals surface area contributed by atoms with Gasteiger partial charge in [-0.25, -0.2) is 0 Å². The molecule has 0 aromatic heterocycles. The Balaban J connectivity index is 2.16. The molecule has 1 amide bonds. The Morgan fingerprint density at radius 3 is 2.88 bits per heavy atom. The van der Waals surface area contributed by atoms with Crippen LogP contribution in [0.5, 0.6) is 0 Å². The average Bonchev–Trinajstić information content (AvgIpc) is 2.27. The van der Waals surface area contributed by atoms with Crippen LogP contribution >= 0.6 is 0 Å². The van der Waals surface area contributed by atoms with Crippen LogP contribution < -0.4 is 10.6 Å². The molecule has 1 heterocycles. The maximum atomic E-state index is 11.4. The van der Waals surface area contributed by atoms with E-state index >= 15 is 0 Å². The summed E-state index contributed by atoms with van der Waals surface area (Å²) in [6.45, 7) is 3.52. The summed E-state index contributed by atoms with van der Waals surface area (Å²) in [4.78, 5) is 21.9. The summed E-state index contributed by atoms with van der Waals surface area (Å²) in [5.74, 6) is -0.604. The van der Waals surface area contributed by atoms with Crippen LogP contribution in [0.25, 0.3) is 0 Å². The summed E-state index contributed by atoms with van der Waals surface area (Å²) in [6, 6.07) is -0.794. The minimum Gasteiger partial charge on any atom is -0.480 e. The number of hydrogen-bond acceptors (Lipinski definition) is 3. The van der Waals surface area contributed by atoms with Crippen molar-refractivity contribution in [3.8, 4) is 0 Å². The lowest BCUT2D eigenvalue weighted by molar-refractivity contribution is -0.141. The van der Waals surface area contributed by atoms with Crippen LogP contribution in [-0.2, 0) is 9.59 Å². The zero-order valence-electron chi connectivity index (χ0n) is 9.66. The van der Waals surface area contributed by atoms with Gasteiger partial charge in [-0.3, -0.25) is 9.59 Å². The molecule has 3 N–H and O–H groups in total. The van der Waals surface area contributed by atoms with Crippen LogP contribution in [0.15, 0.2) is 0 Å². The fraction of sp³-hybridized carbons (Fsp3) is 0.818. The molecular formula is C11H20N2O3. The lowest BCUT2D eigenvalue weighted by atomic mass is 9.94. The molecule has 1 unspecified atom stereocenters. The largest absolute Gasteiger partial charge is 0.480 e. The van der Waals surface area contributed by atoms with Gasteiger partial charge in [-0.05, 0) is 45.2 Å². The van der Waals surface area contributed by atoms with Crippen molar-refractivity contribution < 1.29 is 14.7 Å². The molecule has 0 saturated carbocycles. The second-order valence-electron chi connectivity index (χ2n) is 4.38. The van der Waals surface area contributed by atoms with Crippen molar-refractivity contribution in [1.82, 2.24) is 10.6 Å². The Kier molecular flexibility index (Phi) is 5.25. The fourth-order valence-corrected chi connectivity index (χ4v) is 1.88. The Labute approximate surface area is 95.6 Å². The Hall–Kier alpha value is -1.10. The normalized spacial score (nSPS) is 22.4. The number of aliphatic carboxylic acids is 1. The molecule has 1 fully saturated rings. The van der Waals surface area contributed by atoms with E-state index in [9.17, 15) is 9.59 Å². The van der Waals surface area contributed by atoms with Gasteiger partial charge < -0.3 is 15.7 Å². The first-order valence-electron chi connectivity index (χ1n) is 5.82. The third-order valence-electron chi connectivity index (χ3n) is 2.93. The van der Waals surface area contributed by atoms with E-state index in [4.69, 9.17) is 5.11 Å². The molecule has 0 aromatic carbocycles. The maximum Gasteiger partial charge on any atom is 0.325 e. The predicted molar refractivity (Wildman–Crippen MR) is 60.1 cm³/mol. The molecule has 0 spiro atoms. The molecule has 5 heteroatoms. The molecule has 92 valence electrons. The van der Waals surface area contributed by atoms with Gasteiger partial charge in [-0.15, -0.1) is 0 Å². The highest BCUT2D eigenvalue weighted by Crippen LogP contribution is 2.15. The average molecular weight is 228 g/mol. The SMILES string of the molecule is C[C@H](NC(=O)CCC1CCCNC1)C(=O)O. The second-order valence-corrected chi connectivity index (χ2v) is 4.38. The van der Waals surface area contributed by atoms with E-state index < -0.39 is 12.0 Å². The third kappa shape index (κ3) is 4.61. The van der Waals surface area contributed by atoms with E-state index in [2.05, 4.69) is 10.6 Å². The van der Waals surface area contributed by atoms with Gasteiger partial charge in [0.2, 0.25) is 5.91 Å². The molecule has 0 radical (unpaired) electrons. The smallest absolute Gasteiger partial charge is 0.325 e. The van der Waals surface area contributed by atoms with E-state index in [1.807, 2.05) is 0 Å². The van der Waals surface area contributed by atoms with E-state index in [0.29, 0.717) is 12.3 Å². The predicted octanol–water partition coefficient (Wildman–Crippen LogP) is 0.356. The van der Waals surface area contributed by atoms with Gasteiger partial charge in [-0.1, -0.05) is 0 Å². The highest BCUT2D eigenvalue weighted by molar-refractivity contribution is 5.83. The molecular weight excluding hydrogens is 208 g/mol. The maximum absolute atomic E-state index is 11.4. The number of piperidine rings is 1. The van der Waals surface area contributed by atoms with Crippen LogP contribution in [0, 0.1) is 5.92 Å². The van der Waals surface area contributed by atoms with Gasteiger partial charge in [0.15, 0.2) is 0 Å². The highest BCUT2D eigenvalue weighted by atomic mass is 16.4. The lowest BCUT2D eigenvalue weighted by Gasteiger charge is -2.22. The third-order valence-corrected chi connectivity index (χ3v) is 2.93. The number of hydrogen-bond donors (Lipinski definition) is 3. The van der Waals surface area contributed by atoms with Gasteiger partial charge in [0.05, 0.1) is 0 Å². The van der Waals surface area contributed by atoms with E-state index in [1.165, 1.54) is 6.92 Å². The standard InChI is InChI=1S/C11H20N2O3/c1-8(11(15)16)13-10(14)5-4-9-3-2-6-12-7-9/h8-9,12H,2-7H2,1H3,(H,13,14)(H,15,16)/t8-,9?/m0/s1. The van der Waals surface area contributed by atoms with Crippen LogP contribution in [0.2, 0.25) is 0 Å². The first-order chi connectivity index (χ1) is 7.59. The zero-order chi connectivity index (χ0) is 12.0. The minimum absolute atomic E-state index is 0.166. The number of carboxylic acid groups (broad SMARTS) is 1. The highest BCUT2D eigenvalue weighted by Gasteiger charge is 2.17. The molecule has 1 rings (SSSR count). The number of nitrogens with one attached hydrogen (secondary N) is 2. The lowest BCUT2D eigenvalue weighted by Crippen LogP contribution is -2.38. The summed E-state index contributed by atoms with van der Waals surface area (Å²) in [7, 11) is 0. The van der Waals surface area contributed by atoms with Gasteiger partial charge >= 0.3 is 5.97 Å². The van der Waals surface area contributed by atoms with Crippen LogP contribution in [0.1, 0.15) is 32.6 Å². The quantitative estimate of drug-likeness (QED) is 0.634. The van der Waals surface area contributed by atoms with Crippen LogP contribution in [0.4, 0.5) is 0 Å². The van der Waals surface area contributed by atoms with Crippen molar-refractivity contribution in [2.45, 2.75) is 38.6 Å². The van der Waals surface area contributed by atoms with Crippen molar-refractivity contribution in [3.05, 3.63) is 0 Å². The van der Waals surface area contributed by atoms with Crippen molar-refractivity contribution in [3.63, 3.8) is 0 Å². The molecule has 16 heavy (non-hydrogen) atoms. The van der Waals surface area contributed by atoms with Crippen molar-refractivity contribution >= 4 is 11.9 Å². The van der Waals surface area contributed by atoms with Gasteiger partial charge in [-0.2, -0.15) is 0 Å². The molecule has 2 atom stereocenters. The molecule has 1 saturated heterocycles. The number of carboxylic acids is 1. The fourth-order valence-electron chi connectivity index (χ4n) is 1.88. The molecule has 0 aromatic rings. The number of rotatable bonds is 5. The van der Waals surface area contributed by atoms with Gasteiger partial charge in [0.25, 0.3) is 0 Å². The summed E-state index contributed by atoms with van der Waals surface area (Å²) in [5.41, 5.74) is 0. The Morgan fingerprint density at radius 1 is 1.56 bits per heavy atom. The summed E-state index contributed by atoms with van der Waals surface area (Å²) < 4.78 is 0. The molecule has 1 aliphatic rings.